The van der Waals surface area contributed by atoms with Crippen LogP contribution in [-0.4, -0.2) is 105 Å². The topological polar surface area (TPSA) is 379 Å². The van der Waals surface area contributed by atoms with Crippen LogP contribution in [0.1, 0.15) is 107 Å². The average molecular weight is 1270 g/mol. The van der Waals surface area contributed by atoms with Crippen molar-refractivity contribution in [3.05, 3.63) is 160 Å². The number of aliphatic hydroxyl groups excluding tert-OH is 2. The Bertz CT molecular complexity index is 2530. The summed E-state index contributed by atoms with van der Waals surface area (Å²) in [6.45, 7) is 1.32. The Labute approximate surface area is 583 Å². The van der Waals surface area contributed by atoms with E-state index in [1.54, 1.807) is 48.5 Å². The molecule has 4 aromatic carbocycles. The number of carbonyl (C=O) groups excluding carboxylic acids is 6. The first kappa shape index (κ1) is 85.1. The molecule has 0 spiro atoms. The fourth-order valence-electron chi connectivity index (χ4n) is 5.75. The first-order valence-corrected chi connectivity index (χ1v) is 23.7. The van der Waals surface area contributed by atoms with E-state index in [-0.39, 0.29) is 235 Å². The molecular formula is C47H54BBrCl2K2N4NaO21. The summed E-state index contributed by atoms with van der Waals surface area (Å²) in [5, 5.41) is 68.1. The zero-order valence-corrected chi connectivity index (χ0v) is 55.0. The number of rotatable bonds is 24. The molecule has 25 nitrogen and oxygen atoms in total. The van der Waals surface area contributed by atoms with Crippen LogP contribution >= 0.6 is 39.1 Å². The Hall–Kier alpha value is -2.70. The van der Waals surface area contributed by atoms with Crippen LogP contribution < -0.4 is 138 Å². The van der Waals surface area contributed by atoms with Gasteiger partial charge in [-0.3, -0.25) is 64.4 Å². The van der Waals surface area contributed by atoms with Gasteiger partial charge in [0.2, 0.25) is 10.5 Å². The van der Waals surface area contributed by atoms with E-state index in [0.29, 0.717) is 62.7 Å². The van der Waals surface area contributed by atoms with E-state index in [2.05, 4.69) is 20.8 Å². The van der Waals surface area contributed by atoms with Crippen molar-refractivity contribution < 1.29 is 218 Å². The molecule has 79 heavy (non-hydrogen) atoms. The predicted molar refractivity (Wildman–Crippen MR) is 276 cm³/mol. The molecule has 0 saturated carbocycles. The molecule has 5 rings (SSSR count). The van der Waals surface area contributed by atoms with Gasteiger partial charge in [0.1, 0.15) is 30.7 Å². The van der Waals surface area contributed by atoms with E-state index in [0.717, 1.165) is 0 Å². The van der Waals surface area contributed by atoms with Crippen molar-refractivity contribution in [3.8, 4) is 0 Å². The SMILES string of the molecule is COC(COC(=O)CCCCC(C)=O)c1ccccc1[N+](=O)[O-].O=C(CBr)c1ccccc1[N+](=O)[O-].O=C(Cl)CCCCC(=O)Cl.O=CO[O-].O=[N+]([O-])c1ccccc1C(O)CO.O=[N+]([O-])c1ccccc1C1CO1.[B].[H-].[H-].[K+].[K+].[Na+]. The number of ether oxygens (including phenoxy) is 3. The molecule has 0 bridgehead atoms. The molecule has 0 amide bonds. The average Bonchev–Trinajstić information content (AvgIpc) is 4.25. The summed E-state index contributed by atoms with van der Waals surface area (Å²) in [5.41, 5.74) is 1.08. The molecule has 0 aromatic heterocycles. The summed E-state index contributed by atoms with van der Waals surface area (Å²) >= 11 is 13.0. The van der Waals surface area contributed by atoms with Crippen molar-refractivity contribution in [2.24, 2.45) is 0 Å². The maximum Gasteiger partial charge on any atom is 1.00 e. The van der Waals surface area contributed by atoms with Gasteiger partial charge < -0.3 is 42.2 Å². The van der Waals surface area contributed by atoms with E-state index in [1.165, 1.54) is 62.6 Å². The number of epoxide rings is 1. The Morgan fingerprint density at radius 2 is 1.11 bits per heavy atom. The van der Waals surface area contributed by atoms with Gasteiger partial charge in [-0.25, -0.2) is 0 Å². The minimum atomic E-state index is -1.19. The second kappa shape index (κ2) is 51.0. The molecule has 3 atom stereocenters. The number of ketones is 2. The fraction of sp³-hybridized carbons (Fsp3) is 0.362. The first-order valence-electron chi connectivity index (χ1n) is 21.8. The molecule has 415 valence electrons. The molecule has 2 N–H and O–H groups in total. The van der Waals surface area contributed by atoms with Crippen LogP contribution in [0, 0.1) is 40.5 Å². The molecule has 1 fully saturated rings. The number of nitro groups is 4. The van der Waals surface area contributed by atoms with Gasteiger partial charge in [0, 0.05) is 65.5 Å². The van der Waals surface area contributed by atoms with Gasteiger partial charge in [0.15, 0.2) is 5.78 Å². The van der Waals surface area contributed by atoms with E-state index < -0.39 is 39.6 Å². The van der Waals surface area contributed by atoms with Crippen molar-refractivity contribution in [3.63, 3.8) is 0 Å². The third-order valence-electron chi connectivity index (χ3n) is 9.36. The largest absolute Gasteiger partial charge is 1.00 e. The van der Waals surface area contributed by atoms with Crippen molar-refractivity contribution in [1.29, 1.82) is 0 Å². The molecule has 1 aliphatic heterocycles. The number of nitrogens with zero attached hydrogens (tertiary/aromatic N) is 4. The first-order chi connectivity index (χ1) is 35.6. The number of unbranched alkanes of at least 4 members (excludes halogenated alkanes) is 2. The normalized spacial score (nSPS) is 11.6. The molecule has 0 aliphatic carbocycles. The Morgan fingerprint density at radius 3 is 1.52 bits per heavy atom. The number of methoxy groups -OCH3 is 1. The van der Waals surface area contributed by atoms with Crippen molar-refractivity contribution >= 4 is 105 Å². The summed E-state index contributed by atoms with van der Waals surface area (Å²) in [5.74, 6) is -0.601. The van der Waals surface area contributed by atoms with Gasteiger partial charge in [0.25, 0.3) is 29.2 Å². The fourth-order valence-corrected chi connectivity index (χ4v) is 6.32. The van der Waals surface area contributed by atoms with Gasteiger partial charge >= 0.3 is 138 Å². The zero-order valence-electron chi connectivity index (χ0n) is 45.7. The maximum atomic E-state index is 11.7. The van der Waals surface area contributed by atoms with Gasteiger partial charge in [-0.2, -0.15) is 0 Å². The monoisotopic (exact) mass is 1270 g/mol. The van der Waals surface area contributed by atoms with Crippen molar-refractivity contribution in [2.45, 2.75) is 76.6 Å². The number of para-hydroxylation sites is 4. The Kier molecular flexibility index (Phi) is 54.9. The minimum Gasteiger partial charge on any atom is -1.00 e. The summed E-state index contributed by atoms with van der Waals surface area (Å²) in [6, 6.07) is 24.5. The van der Waals surface area contributed by atoms with E-state index in [1.807, 2.05) is 0 Å². The van der Waals surface area contributed by atoms with Gasteiger partial charge in [-0.05, 0) is 80.1 Å². The van der Waals surface area contributed by atoms with Crippen LogP contribution in [0.5, 0.6) is 0 Å². The smallest absolute Gasteiger partial charge is 1.00 e. The number of benzene rings is 4. The van der Waals surface area contributed by atoms with E-state index >= 15 is 0 Å². The predicted octanol–water partition coefficient (Wildman–Crippen LogP) is -1.20. The van der Waals surface area contributed by atoms with Gasteiger partial charge in [-0.15, -0.1) is 0 Å². The van der Waals surface area contributed by atoms with Crippen LogP contribution in [0.3, 0.4) is 0 Å². The van der Waals surface area contributed by atoms with Gasteiger partial charge in [-0.1, -0.05) is 64.5 Å². The molecule has 3 radical (unpaired) electrons. The number of esters is 1. The molecular weight excluding hydrogens is 1220 g/mol. The number of hydrogen-bond acceptors (Lipinski definition) is 21. The number of carbonyl (C=O) groups is 6. The van der Waals surface area contributed by atoms with Gasteiger partial charge in [0.05, 0.1) is 60.5 Å². The second-order valence-corrected chi connectivity index (χ2v) is 16.1. The molecule has 32 heteroatoms. The molecule has 4 aromatic rings. The number of aliphatic hydroxyl groups is 2. The summed E-state index contributed by atoms with van der Waals surface area (Å²) < 4.78 is 15.3. The molecule has 1 saturated heterocycles. The van der Waals surface area contributed by atoms with E-state index in [4.69, 9.17) is 52.6 Å². The summed E-state index contributed by atoms with van der Waals surface area (Å²) in [7, 11) is 1.40. The Morgan fingerprint density at radius 1 is 0.722 bits per heavy atom. The van der Waals surface area contributed by atoms with Crippen LogP contribution in [0.15, 0.2) is 97.1 Å². The molecule has 3 unspecified atom stereocenters. The number of Topliss-reactive ketones (excluding diaryl/α,β-unsaturated/α-hetero) is 2. The maximum absolute atomic E-state index is 11.7. The molecule has 1 aliphatic rings. The van der Waals surface area contributed by atoms with Crippen LogP contribution in [0.2, 0.25) is 0 Å². The molecule has 1 heterocycles. The van der Waals surface area contributed by atoms with Crippen LogP contribution in [-0.2, 0) is 43.1 Å². The van der Waals surface area contributed by atoms with E-state index in [9.17, 15) is 69.5 Å². The zero-order chi connectivity index (χ0) is 56.9. The van der Waals surface area contributed by atoms with Crippen molar-refractivity contribution in [2.75, 3.05) is 32.3 Å². The van der Waals surface area contributed by atoms with Crippen LogP contribution in [0.4, 0.5) is 22.7 Å². The van der Waals surface area contributed by atoms with Crippen LogP contribution in [0.25, 0.3) is 0 Å². The summed E-state index contributed by atoms with van der Waals surface area (Å²) in [6.07, 6.45) is 1.86. The standard InChI is InChI=1S/C16H21NO6.C8H6BrNO3.C8H9NO4.C8H7NO3.C6H8Cl2O2.CH2O3.B.2K.Na.2H/c1-12(18)7-3-6-10-16(19)23-11-15(22-2)13-8-4-5-9-14(13)17(20)21;9-5-8(11)6-3-1-2-4-7(6)10(12)13;10-5-8(11)6-3-1-2-4-7(6)9(12)13;10-9(11)7-4-2-1-3-6(7)8-5-12-8;7-5(9)3-1-2-4-6(8)10;2-1-4-3;;;;;;/h4-5,8-9,15H,3,6-7,10-11H2,1-2H3;1-4H,5H2;1-4,8,10-11H,5H2;1-4,8H,5H2;1-4H2;1,3H;;;;;;/q;;;;;;;3*+1;2*-1/p-1. The number of hydrogen-bond donors (Lipinski definition) is 2. The second-order valence-electron chi connectivity index (χ2n) is 14.7. The number of halogens is 3. The third kappa shape index (κ3) is 38.7. The number of nitro benzene ring substituents is 4. The summed E-state index contributed by atoms with van der Waals surface area (Å²) in [4.78, 5) is 106. The third-order valence-corrected chi connectivity index (χ3v) is 10.2. The minimum absolute atomic E-state index is 0. The van der Waals surface area contributed by atoms with Crippen molar-refractivity contribution in [1.82, 2.24) is 0 Å². The quantitative estimate of drug-likeness (QED) is 0.00711. The number of alkyl halides is 1. The Balaban J connectivity index is -0.000000168.